The first kappa shape index (κ1) is 13.9. The van der Waals surface area contributed by atoms with Crippen molar-refractivity contribution < 1.29 is 8.94 Å². The Morgan fingerprint density at radius 3 is 2.76 bits per heavy atom. The predicted octanol–water partition coefficient (Wildman–Crippen LogP) is 3.42. The van der Waals surface area contributed by atoms with E-state index in [2.05, 4.69) is 25.3 Å². The Morgan fingerprint density at radius 1 is 1.24 bits per heavy atom. The van der Waals surface area contributed by atoms with Gasteiger partial charge < -0.3 is 13.9 Å². The number of nitrogens with zero attached hydrogens (tertiary/aromatic N) is 4. The molecule has 7 nitrogen and oxygen atoms in total. The van der Waals surface area contributed by atoms with Gasteiger partial charge in [-0.25, -0.2) is 0 Å². The van der Waals surface area contributed by atoms with Gasteiger partial charge >= 0.3 is 0 Å². The Kier molecular flexibility index (Phi) is 3.78. The molecule has 0 unspecified atom stereocenters. The van der Waals surface area contributed by atoms with E-state index in [1.54, 1.807) is 6.20 Å². The molecule has 0 saturated carbocycles. The van der Waals surface area contributed by atoms with Crippen molar-refractivity contribution in [2.24, 2.45) is 0 Å². The molecule has 1 atom stereocenters. The molecule has 0 radical (unpaired) electrons. The van der Waals surface area contributed by atoms with Crippen LogP contribution in [0.3, 0.4) is 0 Å². The van der Waals surface area contributed by atoms with Crippen molar-refractivity contribution >= 4 is 11.8 Å². The molecule has 3 aromatic heterocycles. The standard InChI is InChI=1S/C13H15N5O2S/c1-7(2)10-15-11(20-18-10)8(3)21-13-17-16-12(19-13)9-5-4-6-14-9/h4-8,14H,1-3H3/t8-/m0/s1. The molecule has 0 saturated heterocycles. The molecule has 110 valence electrons. The zero-order chi connectivity index (χ0) is 14.8. The maximum Gasteiger partial charge on any atom is 0.277 e. The summed E-state index contributed by atoms with van der Waals surface area (Å²) in [5, 5.41) is 12.4. The van der Waals surface area contributed by atoms with Gasteiger partial charge in [-0.15, -0.1) is 10.2 Å². The number of hydrogen-bond acceptors (Lipinski definition) is 7. The minimum Gasteiger partial charge on any atom is -0.410 e. The first-order valence-corrected chi connectivity index (χ1v) is 7.49. The van der Waals surface area contributed by atoms with E-state index >= 15 is 0 Å². The van der Waals surface area contributed by atoms with Gasteiger partial charge in [0.05, 0.1) is 5.25 Å². The van der Waals surface area contributed by atoms with Crippen LogP contribution in [0.15, 0.2) is 32.5 Å². The molecule has 0 amide bonds. The third-order valence-electron chi connectivity index (χ3n) is 2.83. The van der Waals surface area contributed by atoms with Gasteiger partial charge in [0.2, 0.25) is 5.89 Å². The molecule has 3 rings (SSSR count). The summed E-state index contributed by atoms with van der Waals surface area (Å²) in [5.74, 6) is 1.96. The number of nitrogens with one attached hydrogen (secondary N) is 1. The van der Waals surface area contributed by atoms with Crippen molar-refractivity contribution in [3.05, 3.63) is 30.0 Å². The van der Waals surface area contributed by atoms with Crippen molar-refractivity contribution in [3.8, 4) is 11.6 Å². The molecule has 0 aliphatic carbocycles. The largest absolute Gasteiger partial charge is 0.410 e. The molecular formula is C13H15N5O2S. The van der Waals surface area contributed by atoms with Crippen LogP contribution < -0.4 is 0 Å². The average molecular weight is 305 g/mol. The van der Waals surface area contributed by atoms with Crippen molar-refractivity contribution in [1.29, 1.82) is 0 Å². The van der Waals surface area contributed by atoms with E-state index in [1.807, 2.05) is 32.9 Å². The lowest BCUT2D eigenvalue weighted by Gasteiger charge is -2.01. The van der Waals surface area contributed by atoms with Crippen molar-refractivity contribution in [2.45, 2.75) is 37.2 Å². The van der Waals surface area contributed by atoms with Crippen LogP contribution in [0.25, 0.3) is 11.6 Å². The number of thioether (sulfide) groups is 1. The molecule has 0 fully saturated rings. The number of rotatable bonds is 5. The Hall–Kier alpha value is -2.09. The van der Waals surface area contributed by atoms with Gasteiger partial charge in [-0.2, -0.15) is 4.98 Å². The second kappa shape index (κ2) is 5.72. The summed E-state index contributed by atoms with van der Waals surface area (Å²) in [4.78, 5) is 7.39. The lowest BCUT2D eigenvalue weighted by Crippen LogP contribution is -1.92. The molecule has 0 bridgehead atoms. The fourth-order valence-electron chi connectivity index (χ4n) is 1.68. The van der Waals surface area contributed by atoms with Crippen LogP contribution in [0.5, 0.6) is 0 Å². The maximum atomic E-state index is 5.59. The van der Waals surface area contributed by atoms with Gasteiger partial charge in [-0.05, 0) is 19.1 Å². The van der Waals surface area contributed by atoms with Gasteiger partial charge in [0.25, 0.3) is 11.1 Å². The van der Waals surface area contributed by atoms with Crippen LogP contribution in [-0.4, -0.2) is 25.3 Å². The lowest BCUT2D eigenvalue weighted by atomic mass is 10.2. The zero-order valence-electron chi connectivity index (χ0n) is 11.9. The zero-order valence-corrected chi connectivity index (χ0v) is 12.7. The molecule has 3 aromatic rings. The molecular weight excluding hydrogens is 290 g/mol. The van der Waals surface area contributed by atoms with Gasteiger partial charge in [0, 0.05) is 12.1 Å². The highest BCUT2D eigenvalue weighted by molar-refractivity contribution is 7.99. The number of aromatic amines is 1. The fourth-order valence-corrected chi connectivity index (χ4v) is 2.39. The van der Waals surface area contributed by atoms with Gasteiger partial charge in [0.1, 0.15) is 5.69 Å². The maximum absolute atomic E-state index is 5.59. The quantitative estimate of drug-likeness (QED) is 0.722. The first-order valence-electron chi connectivity index (χ1n) is 6.61. The second-order valence-electron chi connectivity index (χ2n) is 4.86. The Morgan fingerprint density at radius 2 is 2.10 bits per heavy atom. The summed E-state index contributed by atoms with van der Waals surface area (Å²) < 4.78 is 10.9. The summed E-state index contributed by atoms with van der Waals surface area (Å²) in [6, 6.07) is 3.75. The van der Waals surface area contributed by atoms with Crippen LogP contribution in [0.2, 0.25) is 0 Å². The van der Waals surface area contributed by atoms with Crippen LogP contribution in [-0.2, 0) is 0 Å². The first-order chi connectivity index (χ1) is 10.1. The van der Waals surface area contributed by atoms with E-state index in [-0.39, 0.29) is 11.2 Å². The van der Waals surface area contributed by atoms with Gasteiger partial charge in [-0.3, -0.25) is 0 Å². The minimum absolute atomic E-state index is 0.0538. The van der Waals surface area contributed by atoms with Crippen LogP contribution >= 0.6 is 11.8 Å². The van der Waals surface area contributed by atoms with E-state index in [0.717, 1.165) is 5.69 Å². The highest BCUT2D eigenvalue weighted by Crippen LogP contribution is 2.34. The molecule has 0 spiro atoms. The van der Waals surface area contributed by atoms with E-state index in [1.165, 1.54) is 11.8 Å². The van der Waals surface area contributed by atoms with Crippen LogP contribution in [0.4, 0.5) is 0 Å². The number of H-pyrrole nitrogens is 1. The molecule has 3 heterocycles. The Balaban J connectivity index is 1.71. The average Bonchev–Trinajstić information content (AvgIpc) is 3.19. The van der Waals surface area contributed by atoms with Crippen molar-refractivity contribution in [1.82, 2.24) is 25.3 Å². The monoisotopic (exact) mass is 305 g/mol. The second-order valence-corrected chi connectivity index (χ2v) is 6.15. The Labute approximate surface area is 125 Å². The molecule has 21 heavy (non-hydrogen) atoms. The van der Waals surface area contributed by atoms with E-state index in [0.29, 0.717) is 22.8 Å². The van der Waals surface area contributed by atoms with E-state index in [9.17, 15) is 0 Å². The molecule has 0 aliphatic rings. The van der Waals surface area contributed by atoms with Crippen LogP contribution in [0.1, 0.15) is 43.7 Å². The van der Waals surface area contributed by atoms with E-state index in [4.69, 9.17) is 8.94 Å². The molecule has 0 aromatic carbocycles. The minimum atomic E-state index is -0.0538. The molecule has 1 N–H and O–H groups in total. The highest BCUT2D eigenvalue weighted by Gasteiger charge is 2.20. The number of hydrogen-bond donors (Lipinski definition) is 1. The molecule has 0 aliphatic heterocycles. The summed E-state index contributed by atoms with van der Waals surface area (Å²) in [5.41, 5.74) is 0.793. The summed E-state index contributed by atoms with van der Waals surface area (Å²) in [7, 11) is 0. The summed E-state index contributed by atoms with van der Waals surface area (Å²) in [6.07, 6.45) is 1.81. The predicted molar refractivity (Wildman–Crippen MR) is 76.7 cm³/mol. The SMILES string of the molecule is CC(C)c1noc([C@H](C)Sc2nnc(-c3ccc[nH]3)o2)n1. The topological polar surface area (TPSA) is 93.6 Å². The third-order valence-corrected chi connectivity index (χ3v) is 3.76. The number of aromatic nitrogens is 5. The van der Waals surface area contributed by atoms with Crippen molar-refractivity contribution in [3.63, 3.8) is 0 Å². The highest BCUT2D eigenvalue weighted by atomic mass is 32.2. The molecule has 8 heteroatoms. The lowest BCUT2D eigenvalue weighted by molar-refractivity contribution is 0.372. The van der Waals surface area contributed by atoms with Gasteiger partial charge in [-0.1, -0.05) is 30.8 Å². The van der Waals surface area contributed by atoms with E-state index < -0.39 is 0 Å². The summed E-state index contributed by atoms with van der Waals surface area (Å²) >= 11 is 1.39. The normalized spacial score (nSPS) is 13.0. The fraction of sp³-hybridized carbons (Fsp3) is 0.385. The Bertz CT molecular complexity index is 704. The smallest absolute Gasteiger partial charge is 0.277 e. The van der Waals surface area contributed by atoms with Crippen LogP contribution in [0, 0.1) is 0 Å². The van der Waals surface area contributed by atoms with Crippen molar-refractivity contribution in [2.75, 3.05) is 0 Å². The van der Waals surface area contributed by atoms with Gasteiger partial charge in [0.15, 0.2) is 5.82 Å². The third kappa shape index (κ3) is 2.99. The summed E-state index contributed by atoms with van der Waals surface area (Å²) in [6.45, 7) is 6.00.